The number of anilines is 1. The zero-order valence-corrected chi connectivity index (χ0v) is 16.3. The summed E-state index contributed by atoms with van der Waals surface area (Å²) in [5.41, 5.74) is -0.107. The second-order valence-corrected chi connectivity index (χ2v) is 6.98. The molecule has 5 nitrogen and oxygen atoms in total. The molecule has 1 fully saturated rings. The first kappa shape index (κ1) is 21.0. The average molecular weight is 409 g/mol. The van der Waals surface area contributed by atoms with Gasteiger partial charge in [-0.2, -0.15) is 13.2 Å². The van der Waals surface area contributed by atoms with Crippen LogP contribution in [0.15, 0.2) is 42.5 Å². The van der Waals surface area contributed by atoms with Crippen molar-refractivity contribution in [3.63, 3.8) is 0 Å². The lowest BCUT2D eigenvalue weighted by Crippen LogP contribution is -3.11. The van der Waals surface area contributed by atoms with Crippen LogP contribution in [0.5, 0.6) is 11.5 Å². The number of ether oxygens (including phenoxy) is 2. The highest BCUT2D eigenvalue weighted by atomic mass is 19.4. The van der Waals surface area contributed by atoms with Gasteiger partial charge in [0.15, 0.2) is 6.54 Å². The molecule has 3 rings (SSSR count). The van der Waals surface area contributed by atoms with Crippen LogP contribution in [0, 0.1) is 0 Å². The van der Waals surface area contributed by atoms with Crippen molar-refractivity contribution in [1.82, 2.24) is 0 Å². The number of likely N-dealkylation sites (tertiary alicyclic amines) is 1. The molecule has 1 aliphatic heterocycles. The summed E-state index contributed by atoms with van der Waals surface area (Å²) < 4.78 is 50.2. The predicted octanol–water partition coefficient (Wildman–Crippen LogP) is 3.08. The van der Waals surface area contributed by atoms with Gasteiger partial charge in [0, 0.05) is 18.9 Å². The number of hydrogen-bond donors (Lipinski definition) is 2. The Balaban J connectivity index is 1.75. The lowest BCUT2D eigenvalue weighted by molar-refractivity contribution is -0.910. The molecule has 156 valence electrons. The summed E-state index contributed by atoms with van der Waals surface area (Å²) in [6, 6.07) is 10.6. The van der Waals surface area contributed by atoms with E-state index in [2.05, 4.69) is 5.32 Å². The monoisotopic (exact) mass is 409 g/mol. The van der Waals surface area contributed by atoms with Crippen LogP contribution in [0.2, 0.25) is 0 Å². The molecule has 1 amide bonds. The number of alkyl halides is 3. The van der Waals surface area contributed by atoms with E-state index in [0.717, 1.165) is 35.9 Å². The molecule has 0 radical (unpaired) electrons. The smallest absolute Gasteiger partial charge is 0.418 e. The van der Waals surface area contributed by atoms with E-state index >= 15 is 0 Å². The van der Waals surface area contributed by atoms with Gasteiger partial charge in [-0.15, -0.1) is 0 Å². The van der Waals surface area contributed by atoms with E-state index in [4.69, 9.17) is 9.47 Å². The Morgan fingerprint density at radius 3 is 2.62 bits per heavy atom. The molecule has 1 saturated heterocycles. The number of rotatable bonds is 6. The van der Waals surface area contributed by atoms with Crippen molar-refractivity contribution in [2.75, 3.05) is 32.6 Å². The van der Waals surface area contributed by atoms with Gasteiger partial charge in [0.2, 0.25) is 0 Å². The van der Waals surface area contributed by atoms with E-state index in [-0.39, 0.29) is 18.3 Å². The summed E-state index contributed by atoms with van der Waals surface area (Å²) in [6.07, 6.45) is -2.74. The number of halogens is 3. The van der Waals surface area contributed by atoms with Crippen molar-refractivity contribution in [2.24, 2.45) is 0 Å². The number of benzene rings is 2. The number of carbonyl (C=O) groups excluding carboxylic acids is 1. The van der Waals surface area contributed by atoms with Crippen molar-refractivity contribution in [1.29, 1.82) is 0 Å². The lowest BCUT2D eigenvalue weighted by Gasteiger charge is -2.23. The van der Waals surface area contributed by atoms with Gasteiger partial charge in [-0.25, -0.2) is 0 Å². The highest BCUT2D eigenvalue weighted by molar-refractivity contribution is 5.92. The van der Waals surface area contributed by atoms with Crippen molar-refractivity contribution < 1.29 is 32.3 Å². The quantitative estimate of drug-likeness (QED) is 0.771. The Bertz CT molecular complexity index is 870. The van der Waals surface area contributed by atoms with E-state index in [1.807, 2.05) is 12.1 Å². The maximum atomic E-state index is 13.2. The van der Waals surface area contributed by atoms with Gasteiger partial charge in [0.1, 0.15) is 17.5 Å². The van der Waals surface area contributed by atoms with Gasteiger partial charge in [-0.05, 0) is 24.3 Å². The fourth-order valence-corrected chi connectivity index (χ4v) is 3.84. The third kappa shape index (κ3) is 4.82. The molecule has 1 aliphatic rings. The summed E-state index contributed by atoms with van der Waals surface area (Å²) in [4.78, 5) is 13.5. The first-order valence-electron chi connectivity index (χ1n) is 9.36. The number of hydrogen-bond acceptors (Lipinski definition) is 3. The molecular formula is C21H24F3N2O3+. The van der Waals surface area contributed by atoms with Crippen LogP contribution in [0.3, 0.4) is 0 Å². The molecule has 8 heteroatoms. The Morgan fingerprint density at radius 2 is 1.93 bits per heavy atom. The predicted molar refractivity (Wildman–Crippen MR) is 102 cm³/mol. The third-order valence-electron chi connectivity index (χ3n) is 5.19. The van der Waals surface area contributed by atoms with Gasteiger partial charge >= 0.3 is 6.18 Å². The Kier molecular flexibility index (Phi) is 6.32. The number of quaternary nitrogens is 1. The molecule has 0 aromatic heterocycles. The first-order valence-corrected chi connectivity index (χ1v) is 9.36. The molecule has 0 aliphatic carbocycles. The maximum absolute atomic E-state index is 13.2. The van der Waals surface area contributed by atoms with Gasteiger partial charge < -0.3 is 19.7 Å². The molecular weight excluding hydrogens is 385 g/mol. The maximum Gasteiger partial charge on any atom is 0.418 e. The largest absolute Gasteiger partial charge is 0.497 e. The zero-order valence-electron chi connectivity index (χ0n) is 16.3. The molecule has 0 bridgehead atoms. The first-order chi connectivity index (χ1) is 13.8. The van der Waals surface area contributed by atoms with Gasteiger partial charge in [-0.3, -0.25) is 4.79 Å². The van der Waals surface area contributed by atoms with Crippen LogP contribution >= 0.6 is 0 Å². The fourth-order valence-electron chi connectivity index (χ4n) is 3.84. The summed E-state index contributed by atoms with van der Waals surface area (Å²) >= 11 is 0. The Morgan fingerprint density at radius 1 is 1.17 bits per heavy atom. The second-order valence-electron chi connectivity index (χ2n) is 6.98. The number of nitrogens with one attached hydrogen (secondary N) is 2. The topological polar surface area (TPSA) is 52.0 Å². The summed E-state index contributed by atoms with van der Waals surface area (Å²) in [5, 5.41) is 2.43. The van der Waals surface area contributed by atoms with Gasteiger partial charge in [-0.1, -0.05) is 12.1 Å². The zero-order chi connectivity index (χ0) is 21.0. The average Bonchev–Trinajstić information content (AvgIpc) is 3.14. The van der Waals surface area contributed by atoms with Crippen LogP contribution in [0.1, 0.15) is 30.0 Å². The van der Waals surface area contributed by atoms with E-state index < -0.39 is 17.6 Å². The van der Waals surface area contributed by atoms with Crippen molar-refractivity contribution in [2.45, 2.75) is 25.1 Å². The lowest BCUT2D eigenvalue weighted by atomic mass is 10.0. The minimum Gasteiger partial charge on any atom is -0.497 e. The highest BCUT2D eigenvalue weighted by Gasteiger charge is 2.36. The Hall–Kier alpha value is -2.74. The van der Waals surface area contributed by atoms with Crippen LogP contribution in [-0.2, 0) is 11.0 Å². The van der Waals surface area contributed by atoms with Crippen molar-refractivity contribution in [3.8, 4) is 11.5 Å². The molecule has 2 atom stereocenters. The Labute approximate surface area is 167 Å². The number of methoxy groups -OCH3 is 2. The summed E-state index contributed by atoms with van der Waals surface area (Å²) in [6.45, 7) is 0.834. The van der Waals surface area contributed by atoms with E-state index in [0.29, 0.717) is 11.5 Å². The molecule has 29 heavy (non-hydrogen) atoms. The second kappa shape index (κ2) is 8.73. The fraction of sp³-hybridized carbons (Fsp3) is 0.381. The van der Waals surface area contributed by atoms with Crippen molar-refractivity contribution >= 4 is 11.6 Å². The number of amides is 1. The molecule has 1 heterocycles. The van der Waals surface area contributed by atoms with Gasteiger partial charge in [0.25, 0.3) is 5.91 Å². The highest BCUT2D eigenvalue weighted by Crippen LogP contribution is 2.34. The molecule has 2 aromatic rings. The third-order valence-corrected chi connectivity index (χ3v) is 5.19. The normalized spacial score (nSPS) is 19.1. The van der Waals surface area contributed by atoms with E-state index in [1.165, 1.54) is 18.2 Å². The van der Waals surface area contributed by atoms with E-state index in [1.54, 1.807) is 20.3 Å². The standard InChI is InChI=1S/C21H23F3N2O3/c1-28-14-9-10-15(19(12-14)29-2)18-8-5-11-26(18)13-20(27)25-17-7-4-3-6-16(17)21(22,23)24/h3-4,6-7,9-10,12,18H,5,8,11,13H2,1-2H3,(H,25,27)/p+1/t18-/m1/s1. The summed E-state index contributed by atoms with van der Waals surface area (Å²) in [7, 11) is 3.15. The van der Waals surface area contributed by atoms with Crippen LogP contribution in [-0.4, -0.2) is 33.2 Å². The van der Waals surface area contributed by atoms with E-state index in [9.17, 15) is 18.0 Å². The summed E-state index contributed by atoms with van der Waals surface area (Å²) in [5.74, 6) is 0.902. The SMILES string of the molecule is COc1ccc([C@H]2CCC[NH+]2CC(=O)Nc2ccccc2C(F)(F)F)c(OC)c1. The van der Waals surface area contributed by atoms with Crippen LogP contribution < -0.4 is 19.7 Å². The molecule has 2 aromatic carbocycles. The molecule has 1 unspecified atom stereocenters. The molecule has 0 saturated carbocycles. The minimum absolute atomic E-state index is 0.0273. The molecule has 0 spiro atoms. The van der Waals surface area contributed by atoms with Crippen LogP contribution in [0.25, 0.3) is 0 Å². The van der Waals surface area contributed by atoms with Crippen LogP contribution in [0.4, 0.5) is 18.9 Å². The number of para-hydroxylation sites is 1. The van der Waals surface area contributed by atoms with Gasteiger partial charge in [0.05, 0.1) is 37.6 Å². The number of carbonyl (C=O) groups is 1. The van der Waals surface area contributed by atoms with Crippen molar-refractivity contribution in [3.05, 3.63) is 53.6 Å². The molecule has 2 N–H and O–H groups in total. The minimum atomic E-state index is -4.52.